The number of rotatable bonds is 9. The molecule has 52 heavy (non-hydrogen) atoms. The number of ether oxygens (including phenoxy) is 2. The van der Waals surface area contributed by atoms with Crippen LogP contribution in [0, 0.1) is 34.6 Å². The van der Waals surface area contributed by atoms with Crippen LogP contribution in [-0.4, -0.2) is 25.2 Å². The molecule has 0 bridgehead atoms. The summed E-state index contributed by atoms with van der Waals surface area (Å²) in [7, 11) is 1.52. The summed E-state index contributed by atoms with van der Waals surface area (Å²) in [5.74, 6) is -4.16. The first-order chi connectivity index (χ1) is 25.1. The molecule has 0 aliphatic heterocycles. The highest BCUT2D eigenvalue weighted by Gasteiger charge is 2.15. The second kappa shape index (κ2) is 15.4. The first-order valence-electron chi connectivity index (χ1n) is 15.8. The highest BCUT2D eigenvalue weighted by molar-refractivity contribution is 5.92. The first kappa shape index (κ1) is 35.0. The Bertz CT molecular complexity index is 2380. The number of hydrogen-bond acceptors (Lipinski definition) is 6. The SMILES string of the molecule is CN=Cc1ccc(-c2ccc(OC(=O)c3ccc(Cc4ccc(C(=O)Oc5ccc(-c6ccc(C#N)c(F)c6)c(F)c5)cc4)cc3)cc2F)cc1F. The topological polar surface area (TPSA) is 88.8 Å². The lowest BCUT2D eigenvalue weighted by atomic mass is 10.0. The standard InChI is InChI=1S/C42H26F4N2O4/c1-48-24-32-13-11-30(20-38(32)44)36-17-15-34(22-40(36)46)52-42(50)28-8-4-26(5-9-28)18-25-2-6-27(7-3-25)41(49)51-33-14-16-35(39(45)21-33)29-10-12-31(23-47)37(43)19-29/h2-17,19-22,24H,18H2,1H3. The minimum atomic E-state index is -0.768. The second-order valence-corrected chi connectivity index (χ2v) is 11.6. The second-order valence-electron chi connectivity index (χ2n) is 11.6. The summed E-state index contributed by atoms with van der Waals surface area (Å²) in [5.41, 5.74) is 3.12. The maximum Gasteiger partial charge on any atom is 0.343 e. The van der Waals surface area contributed by atoms with Crippen molar-refractivity contribution < 1.29 is 36.6 Å². The number of carbonyl (C=O) groups excluding carboxylic acids is 2. The smallest absolute Gasteiger partial charge is 0.343 e. The third-order valence-electron chi connectivity index (χ3n) is 8.07. The van der Waals surface area contributed by atoms with Gasteiger partial charge in [-0.1, -0.05) is 36.4 Å². The van der Waals surface area contributed by atoms with Crippen LogP contribution in [-0.2, 0) is 6.42 Å². The maximum atomic E-state index is 14.9. The molecule has 0 saturated carbocycles. The van der Waals surface area contributed by atoms with E-state index in [0.717, 1.165) is 29.3 Å². The maximum absolute atomic E-state index is 14.9. The van der Waals surface area contributed by atoms with Crippen molar-refractivity contribution in [3.05, 3.63) is 178 Å². The summed E-state index contributed by atoms with van der Waals surface area (Å²) < 4.78 is 68.8. The molecule has 10 heteroatoms. The third kappa shape index (κ3) is 7.95. The van der Waals surface area contributed by atoms with Gasteiger partial charge in [0.05, 0.1) is 16.7 Å². The van der Waals surface area contributed by atoms with Crippen LogP contribution in [0.3, 0.4) is 0 Å². The first-order valence-corrected chi connectivity index (χ1v) is 15.8. The highest BCUT2D eigenvalue weighted by Crippen LogP contribution is 2.30. The molecule has 0 N–H and O–H groups in total. The Morgan fingerprint density at radius 3 is 1.52 bits per heavy atom. The average molecular weight is 699 g/mol. The Morgan fingerprint density at radius 2 is 1.10 bits per heavy atom. The van der Waals surface area contributed by atoms with Crippen LogP contribution in [0.5, 0.6) is 11.5 Å². The molecule has 0 saturated heterocycles. The molecule has 0 aliphatic rings. The van der Waals surface area contributed by atoms with Crippen molar-refractivity contribution in [1.82, 2.24) is 0 Å². The quantitative estimate of drug-likeness (QED) is 0.0650. The largest absolute Gasteiger partial charge is 0.423 e. The van der Waals surface area contributed by atoms with E-state index in [1.165, 1.54) is 61.8 Å². The number of carbonyl (C=O) groups is 2. The molecular weight excluding hydrogens is 672 g/mol. The number of nitriles is 1. The summed E-state index contributed by atoms with van der Waals surface area (Å²) in [5, 5.41) is 8.90. The van der Waals surface area contributed by atoms with Gasteiger partial charge >= 0.3 is 11.9 Å². The van der Waals surface area contributed by atoms with E-state index in [4.69, 9.17) is 14.7 Å². The Morgan fingerprint density at radius 1 is 0.615 bits per heavy atom. The molecule has 256 valence electrons. The fraction of sp³-hybridized carbons (Fsp3) is 0.0476. The molecule has 0 amide bonds. The van der Waals surface area contributed by atoms with Crippen LogP contribution in [0.25, 0.3) is 22.3 Å². The van der Waals surface area contributed by atoms with Gasteiger partial charge in [-0.25, -0.2) is 27.2 Å². The van der Waals surface area contributed by atoms with Crippen LogP contribution >= 0.6 is 0 Å². The summed E-state index contributed by atoms with van der Waals surface area (Å²) in [4.78, 5) is 29.3. The lowest BCUT2D eigenvalue weighted by Crippen LogP contribution is -2.09. The Labute approximate surface area is 295 Å². The summed E-state index contributed by atoms with van der Waals surface area (Å²) in [6.07, 6.45) is 1.85. The van der Waals surface area contributed by atoms with Crippen molar-refractivity contribution in [2.75, 3.05) is 7.05 Å². The van der Waals surface area contributed by atoms with Crippen LogP contribution < -0.4 is 9.47 Å². The Kier molecular flexibility index (Phi) is 10.3. The van der Waals surface area contributed by atoms with Gasteiger partial charge < -0.3 is 9.47 Å². The van der Waals surface area contributed by atoms with Gasteiger partial charge in [-0.05, 0) is 101 Å². The number of aliphatic imine (C=N–C) groups is 1. The van der Waals surface area contributed by atoms with Crippen molar-refractivity contribution in [3.8, 4) is 39.8 Å². The molecule has 0 atom stereocenters. The molecule has 0 unspecified atom stereocenters. The number of hydrogen-bond donors (Lipinski definition) is 0. The van der Waals surface area contributed by atoms with Crippen molar-refractivity contribution >= 4 is 18.2 Å². The lowest BCUT2D eigenvalue weighted by Gasteiger charge is -2.09. The van der Waals surface area contributed by atoms with Crippen LogP contribution in [0.15, 0.2) is 126 Å². The Hall–Kier alpha value is -6.86. The third-order valence-corrected chi connectivity index (χ3v) is 8.07. The van der Waals surface area contributed by atoms with Gasteiger partial charge in [0.25, 0.3) is 0 Å². The van der Waals surface area contributed by atoms with E-state index in [1.807, 2.05) is 0 Å². The molecule has 0 spiro atoms. The van der Waals surface area contributed by atoms with Gasteiger partial charge in [0.15, 0.2) is 0 Å². The van der Waals surface area contributed by atoms with Crippen LogP contribution in [0.1, 0.15) is 43.0 Å². The number of nitrogens with zero attached hydrogens (tertiary/aromatic N) is 2. The molecule has 6 rings (SSSR count). The van der Waals surface area contributed by atoms with E-state index in [2.05, 4.69) is 4.99 Å². The minimum absolute atomic E-state index is 0.00825. The normalized spacial score (nSPS) is 10.9. The molecule has 6 aromatic rings. The zero-order chi connectivity index (χ0) is 36.8. The number of benzene rings is 6. The van der Waals surface area contributed by atoms with E-state index < -0.39 is 35.2 Å². The van der Waals surface area contributed by atoms with Crippen molar-refractivity contribution in [1.29, 1.82) is 5.26 Å². The minimum Gasteiger partial charge on any atom is -0.423 e. The molecule has 6 nitrogen and oxygen atoms in total. The van der Waals surface area contributed by atoms with Gasteiger partial charge in [0.2, 0.25) is 0 Å². The highest BCUT2D eigenvalue weighted by atomic mass is 19.1. The Balaban J connectivity index is 1.04. The van der Waals surface area contributed by atoms with E-state index in [-0.39, 0.29) is 50.4 Å². The van der Waals surface area contributed by atoms with Gasteiger partial charge in [-0.15, -0.1) is 0 Å². The van der Waals surface area contributed by atoms with Gasteiger partial charge in [-0.2, -0.15) is 5.26 Å². The number of halogens is 4. The van der Waals surface area contributed by atoms with E-state index in [0.29, 0.717) is 12.0 Å². The van der Waals surface area contributed by atoms with Crippen LogP contribution in [0.4, 0.5) is 17.6 Å². The summed E-state index contributed by atoms with van der Waals surface area (Å²) in [6.45, 7) is 0. The fourth-order valence-electron chi connectivity index (χ4n) is 5.38. The fourth-order valence-corrected chi connectivity index (χ4v) is 5.38. The van der Waals surface area contributed by atoms with Gasteiger partial charge in [0.1, 0.15) is 40.8 Å². The van der Waals surface area contributed by atoms with Crippen molar-refractivity contribution in [3.63, 3.8) is 0 Å². The van der Waals surface area contributed by atoms with E-state index in [9.17, 15) is 27.2 Å². The molecule has 0 radical (unpaired) electrons. The van der Waals surface area contributed by atoms with E-state index in [1.54, 1.807) is 60.7 Å². The van der Waals surface area contributed by atoms with Gasteiger partial charge in [0, 0.05) is 42.1 Å². The predicted molar refractivity (Wildman–Crippen MR) is 187 cm³/mol. The lowest BCUT2D eigenvalue weighted by molar-refractivity contribution is 0.0724. The van der Waals surface area contributed by atoms with E-state index >= 15 is 0 Å². The molecule has 0 fully saturated rings. The van der Waals surface area contributed by atoms with Gasteiger partial charge in [-0.3, -0.25) is 4.99 Å². The molecule has 0 aromatic heterocycles. The molecular formula is C42H26F4N2O4. The van der Waals surface area contributed by atoms with Crippen molar-refractivity contribution in [2.24, 2.45) is 4.99 Å². The summed E-state index contributed by atoms with van der Waals surface area (Å²) in [6, 6.07) is 30.7. The summed E-state index contributed by atoms with van der Waals surface area (Å²) >= 11 is 0. The average Bonchev–Trinajstić information content (AvgIpc) is 3.13. The van der Waals surface area contributed by atoms with Crippen LogP contribution in [0.2, 0.25) is 0 Å². The monoisotopic (exact) mass is 698 g/mol. The molecule has 6 aromatic carbocycles. The zero-order valence-electron chi connectivity index (χ0n) is 27.4. The van der Waals surface area contributed by atoms with Crippen molar-refractivity contribution in [2.45, 2.75) is 6.42 Å². The molecule has 0 aliphatic carbocycles. The number of esters is 2. The molecule has 0 heterocycles. The zero-order valence-corrected chi connectivity index (χ0v) is 27.4. The predicted octanol–water partition coefficient (Wildman–Crippen LogP) is 9.53.